The highest BCUT2D eigenvalue weighted by Gasteiger charge is 2.26. The van der Waals surface area contributed by atoms with Crippen molar-refractivity contribution in [2.45, 2.75) is 30.7 Å². The smallest absolute Gasteiger partial charge is 0.321 e. The number of benzene rings is 1. The molecule has 0 fully saturated rings. The number of hydrogen-bond donors (Lipinski definition) is 2. The van der Waals surface area contributed by atoms with Gasteiger partial charge in [-0.2, -0.15) is 0 Å². The van der Waals surface area contributed by atoms with E-state index in [1.807, 2.05) is 18.2 Å². The molecule has 0 aliphatic heterocycles. The molecular weight excluding hydrogens is 382 g/mol. The van der Waals surface area contributed by atoms with E-state index in [4.69, 9.17) is 4.74 Å². The van der Waals surface area contributed by atoms with Gasteiger partial charge in [0.1, 0.15) is 17.5 Å². The van der Waals surface area contributed by atoms with Gasteiger partial charge in [-0.05, 0) is 19.4 Å². The Morgan fingerprint density at radius 3 is 2.54 bits per heavy atom. The molecule has 0 saturated heterocycles. The topological polar surface area (TPSA) is 115 Å². The van der Waals surface area contributed by atoms with Crippen molar-refractivity contribution in [3.05, 3.63) is 41.7 Å². The van der Waals surface area contributed by atoms with Crippen LogP contribution < -0.4 is 10.6 Å². The predicted octanol–water partition coefficient (Wildman–Crippen LogP) is 1.60. The molecule has 3 amide bonds. The van der Waals surface area contributed by atoms with E-state index in [-0.39, 0.29) is 13.0 Å². The third-order valence-electron chi connectivity index (χ3n) is 3.67. The minimum Gasteiger partial charge on any atom is -0.466 e. The fraction of sp³-hybridized carbons (Fsp3) is 0.389. The van der Waals surface area contributed by atoms with Gasteiger partial charge in [0.25, 0.3) is 0 Å². The molecule has 1 aromatic carbocycles. The highest BCUT2D eigenvalue weighted by molar-refractivity contribution is 8.00. The second kappa shape index (κ2) is 10.5. The highest BCUT2D eigenvalue weighted by Crippen LogP contribution is 2.34. The molecule has 0 bridgehead atoms. The zero-order chi connectivity index (χ0) is 20.5. The molecule has 0 aliphatic carbocycles. The number of hydrogen-bond acceptors (Lipinski definition) is 7. The van der Waals surface area contributed by atoms with Crippen LogP contribution in [0.1, 0.15) is 30.5 Å². The van der Waals surface area contributed by atoms with E-state index in [1.54, 1.807) is 37.6 Å². The van der Waals surface area contributed by atoms with Crippen molar-refractivity contribution in [2.24, 2.45) is 7.05 Å². The van der Waals surface area contributed by atoms with Crippen LogP contribution in [0.4, 0.5) is 4.79 Å². The maximum atomic E-state index is 12.7. The number of amides is 3. The van der Waals surface area contributed by atoms with Crippen LogP contribution in [0.15, 0.2) is 35.5 Å². The molecule has 2 aromatic rings. The van der Waals surface area contributed by atoms with Crippen molar-refractivity contribution in [3.63, 3.8) is 0 Å². The van der Waals surface area contributed by atoms with E-state index in [9.17, 15) is 14.4 Å². The van der Waals surface area contributed by atoms with Gasteiger partial charge in [-0.25, -0.2) is 4.79 Å². The normalized spacial score (nSPS) is 11.5. The average Bonchev–Trinajstić information content (AvgIpc) is 3.00. The quantitative estimate of drug-likeness (QED) is 0.506. The van der Waals surface area contributed by atoms with Gasteiger partial charge in [-0.1, -0.05) is 42.1 Å². The van der Waals surface area contributed by atoms with Crippen LogP contribution >= 0.6 is 11.8 Å². The summed E-state index contributed by atoms with van der Waals surface area (Å²) in [5, 5.41) is 12.7. The minimum atomic E-state index is -0.720. The van der Waals surface area contributed by atoms with Crippen LogP contribution in [-0.4, -0.2) is 45.8 Å². The van der Waals surface area contributed by atoms with E-state index >= 15 is 0 Å². The van der Waals surface area contributed by atoms with E-state index in [1.165, 1.54) is 0 Å². The number of esters is 1. The fourth-order valence-electron chi connectivity index (χ4n) is 2.33. The molecule has 2 rings (SSSR count). The maximum absolute atomic E-state index is 12.7. The molecule has 2 N–H and O–H groups in total. The molecule has 28 heavy (non-hydrogen) atoms. The molecule has 9 nitrogen and oxygen atoms in total. The summed E-state index contributed by atoms with van der Waals surface area (Å²) in [4.78, 5) is 36.1. The Hall–Kier alpha value is -2.88. The first kappa shape index (κ1) is 21.4. The molecule has 1 heterocycles. The van der Waals surface area contributed by atoms with Crippen LogP contribution in [-0.2, 0) is 27.8 Å². The summed E-state index contributed by atoms with van der Waals surface area (Å²) in [5.41, 5.74) is 0.712. The van der Waals surface area contributed by atoms with Crippen LogP contribution in [0.3, 0.4) is 0 Å². The van der Waals surface area contributed by atoms with Crippen molar-refractivity contribution >= 4 is 29.7 Å². The lowest BCUT2D eigenvalue weighted by molar-refractivity contribution is -0.142. The van der Waals surface area contributed by atoms with Gasteiger partial charge < -0.3 is 14.6 Å². The number of ether oxygens (including phenoxy) is 1. The molecule has 0 radical (unpaired) electrons. The first-order valence-electron chi connectivity index (χ1n) is 8.80. The second-order valence-electron chi connectivity index (χ2n) is 5.70. The SMILES string of the molecule is CCNC(=O)NC(=O)[C@H](Sc1nnc(CC(=O)OCC)n1C)c1ccccc1. The standard InChI is InChI=1S/C18H23N5O4S/c1-4-19-17(26)20-16(25)15(12-9-7-6-8-10-12)28-18-22-21-13(23(18)3)11-14(24)27-5-2/h6-10,15H,4-5,11H2,1-3H3,(H2,19,20,25,26)/t15-/m1/s1. The Kier molecular flexibility index (Phi) is 8.00. The van der Waals surface area contributed by atoms with Gasteiger partial charge in [-0.3, -0.25) is 14.9 Å². The predicted molar refractivity (Wildman–Crippen MR) is 104 cm³/mol. The van der Waals surface area contributed by atoms with E-state index in [0.29, 0.717) is 23.1 Å². The van der Waals surface area contributed by atoms with Gasteiger partial charge >= 0.3 is 12.0 Å². The lowest BCUT2D eigenvalue weighted by Crippen LogP contribution is -2.41. The fourth-order valence-corrected chi connectivity index (χ4v) is 3.35. The maximum Gasteiger partial charge on any atom is 0.321 e. The Bertz CT molecular complexity index is 825. The number of nitrogens with zero attached hydrogens (tertiary/aromatic N) is 3. The number of imide groups is 1. The van der Waals surface area contributed by atoms with E-state index in [0.717, 1.165) is 11.8 Å². The van der Waals surface area contributed by atoms with Crippen LogP contribution in [0, 0.1) is 0 Å². The number of carbonyl (C=O) groups is 3. The third-order valence-corrected chi connectivity index (χ3v) is 4.96. The van der Waals surface area contributed by atoms with Crippen LogP contribution in [0.2, 0.25) is 0 Å². The summed E-state index contributed by atoms with van der Waals surface area (Å²) in [5.74, 6) is -0.447. The molecule has 1 aromatic heterocycles. The average molecular weight is 405 g/mol. The molecule has 0 saturated carbocycles. The van der Waals surface area contributed by atoms with Gasteiger partial charge in [0, 0.05) is 13.6 Å². The minimum absolute atomic E-state index is 0.0149. The van der Waals surface area contributed by atoms with Crippen molar-refractivity contribution in [1.82, 2.24) is 25.4 Å². The highest BCUT2D eigenvalue weighted by atomic mass is 32.2. The summed E-state index contributed by atoms with van der Waals surface area (Å²) in [6.45, 7) is 4.18. The number of aromatic nitrogens is 3. The summed E-state index contributed by atoms with van der Waals surface area (Å²) < 4.78 is 6.57. The van der Waals surface area contributed by atoms with Gasteiger partial charge in [-0.15, -0.1) is 10.2 Å². The number of urea groups is 1. The Morgan fingerprint density at radius 1 is 1.18 bits per heavy atom. The lowest BCUT2D eigenvalue weighted by atomic mass is 10.1. The molecule has 0 unspecified atom stereocenters. The summed E-state index contributed by atoms with van der Waals surface area (Å²) >= 11 is 1.14. The molecule has 150 valence electrons. The number of rotatable bonds is 8. The van der Waals surface area contributed by atoms with Gasteiger partial charge in [0.05, 0.1) is 6.61 Å². The van der Waals surface area contributed by atoms with Crippen molar-refractivity contribution < 1.29 is 19.1 Å². The van der Waals surface area contributed by atoms with Gasteiger partial charge in [0.15, 0.2) is 5.16 Å². The second-order valence-corrected chi connectivity index (χ2v) is 6.77. The molecule has 0 aliphatic rings. The molecule has 0 spiro atoms. The summed E-state index contributed by atoms with van der Waals surface area (Å²) in [6, 6.07) is 8.49. The third kappa shape index (κ3) is 5.81. The van der Waals surface area contributed by atoms with E-state index < -0.39 is 23.2 Å². The van der Waals surface area contributed by atoms with Crippen LogP contribution in [0.25, 0.3) is 0 Å². The zero-order valence-corrected chi connectivity index (χ0v) is 16.8. The van der Waals surface area contributed by atoms with E-state index in [2.05, 4.69) is 20.8 Å². The number of nitrogens with one attached hydrogen (secondary N) is 2. The van der Waals surface area contributed by atoms with Crippen molar-refractivity contribution in [3.8, 4) is 0 Å². The lowest BCUT2D eigenvalue weighted by Gasteiger charge is -2.16. The Morgan fingerprint density at radius 2 is 1.89 bits per heavy atom. The monoisotopic (exact) mass is 405 g/mol. The van der Waals surface area contributed by atoms with Gasteiger partial charge in [0.2, 0.25) is 5.91 Å². The Labute approximate surface area is 167 Å². The summed E-state index contributed by atoms with van der Waals surface area (Å²) in [7, 11) is 1.71. The molecular formula is C18H23N5O4S. The van der Waals surface area contributed by atoms with Crippen LogP contribution in [0.5, 0.6) is 0 Å². The van der Waals surface area contributed by atoms with Crippen molar-refractivity contribution in [2.75, 3.05) is 13.2 Å². The van der Waals surface area contributed by atoms with Crippen molar-refractivity contribution in [1.29, 1.82) is 0 Å². The number of thioether (sulfide) groups is 1. The molecule has 1 atom stereocenters. The zero-order valence-electron chi connectivity index (χ0n) is 16.0. The molecule has 10 heteroatoms. The Balaban J connectivity index is 2.21. The largest absolute Gasteiger partial charge is 0.466 e. The first-order chi connectivity index (χ1) is 13.5. The summed E-state index contributed by atoms with van der Waals surface area (Å²) in [6.07, 6.45) is -0.0149. The first-order valence-corrected chi connectivity index (χ1v) is 9.68. The number of carbonyl (C=O) groups excluding carboxylic acids is 3.